The van der Waals surface area contributed by atoms with Crippen LogP contribution in [0.25, 0.3) is 0 Å². The molecular formula is C74H149N4O2. The number of nitrogens with one attached hydrogen (secondary N) is 1. The Morgan fingerprint density at radius 2 is 0.425 bits per heavy atom. The van der Waals surface area contributed by atoms with Crippen LogP contribution in [0.5, 0.6) is 0 Å². The first-order valence-corrected chi connectivity index (χ1v) is 37.7. The molecule has 0 heterocycles. The molecule has 80 heavy (non-hydrogen) atoms. The molecule has 0 saturated carbocycles. The summed E-state index contributed by atoms with van der Waals surface area (Å²) in [4.78, 5) is 28.4. The Morgan fingerprint density at radius 3 is 0.662 bits per heavy atom. The van der Waals surface area contributed by atoms with Gasteiger partial charge in [0.2, 0.25) is 0 Å². The minimum atomic E-state index is -0.194. The third-order valence-electron chi connectivity index (χ3n) is 17.8. The summed E-state index contributed by atoms with van der Waals surface area (Å²) in [7, 11) is 0. The standard InChI is InChI=1S/C74H149N4O2/c1-5-9-13-17-21-25-29-33-37-41-45-49-53-57-61-65-69-75-73(79)77(71-67-63-59-55-51-47-43-39-35-31-27-23-19-15-11-7-3)78(72-68-64-60-56-52-48-44-40-36-32-28-24-20-16-12-8-4)74(80)76-70-66-62-58-54-50-46-42-38-34-30-26-22-18-14-10-6-2/h5-72H2,1-4H3,(H,75,79). The van der Waals surface area contributed by atoms with E-state index in [0.717, 1.165) is 51.4 Å². The number of unbranched alkanes of at least 4 members (excludes halogenated alkanes) is 60. The molecule has 0 spiro atoms. The zero-order valence-electron chi connectivity index (χ0n) is 55.7. The molecule has 0 aliphatic carbocycles. The Balaban J connectivity index is 5.16. The van der Waals surface area contributed by atoms with Gasteiger partial charge in [-0.25, -0.2) is 24.9 Å². The molecule has 0 unspecified atom stereocenters. The predicted octanol–water partition coefficient (Wildman–Crippen LogP) is 26.0. The fraction of sp³-hybridized carbons (Fsp3) is 0.973. The number of carbonyl (C=O) groups excluding carboxylic acids is 2. The summed E-state index contributed by atoms with van der Waals surface area (Å²) >= 11 is 0. The largest absolute Gasteiger partial charge is 0.357 e. The van der Waals surface area contributed by atoms with Gasteiger partial charge in [-0.15, -0.1) is 0 Å². The van der Waals surface area contributed by atoms with E-state index in [1.807, 2.05) is 0 Å². The lowest BCUT2D eigenvalue weighted by Crippen LogP contribution is -2.55. The Labute approximate surface area is 504 Å². The highest BCUT2D eigenvalue weighted by Gasteiger charge is 2.26. The zero-order valence-corrected chi connectivity index (χ0v) is 55.7. The number of rotatable bonds is 68. The third-order valence-corrected chi connectivity index (χ3v) is 17.8. The van der Waals surface area contributed by atoms with Gasteiger partial charge in [0.1, 0.15) is 0 Å². The molecule has 0 fully saturated rings. The summed E-state index contributed by atoms with van der Waals surface area (Å²) < 4.78 is 0. The Morgan fingerprint density at radius 1 is 0.237 bits per heavy atom. The Hall–Kier alpha value is -1.46. The SMILES string of the molecule is CCCCCCCCCCCCCCCCCC[N]C(=O)N(CCCCCCCCCCCCCCCCCC)N(CCCCCCCCCCCCCCCCCC)C(=O)NCCCCCCCCCCCCCCCCCC. The van der Waals surface area contributed by atoms with Crippen molar-refractivity contribution in [2.45, 2.75) is 439 Å². The van der Waals surface area contributed by atoms with Gasteiger partial charge in [-0.2, -0.15) is 0 Å². The van der Waals surface area contributed by atoms with Gasteiger partial charge < -0.3 is 5.32 Å². The monoisotopic (exact) mass is 1130 g/mol. The molecule has 4 amide bonds. The average molecular weight is 1130 g/mol. The van der Waals surface area contributed by atoms with E-state index in [1.54, 1.807) is 10.0 Å². The number of hydrogen-bond acceptors (Lipinski definition) is 2. The minimum absolute atomic E-state index is 0.0885. The fourth-order valence-electron chi connectivity index (χ4n) is 12.1. The molecule has 1 radical (unpaired) electrons. The Bertz CT molecular complexity index is 1080. The van der Waals surface area contributed by atoms with E-state index in [0.29, 0.717) is 26.2 Å². The van der Waals surface area contributed by atoms with Gasteiger partial charge in [0.25, 0.3) is 0 Å². The van der Waals surface area contributed by atoms with Crippen molar-refractivity contribution in [1.29, 1.82) is 0 Å². The first kappa shape index (κ1) is 78.5. The maximum Gasteiger partial charge on any atom is 0.357 e. The van der Waals surface area contributed by atoms with Gasteiger partial charge in [-0.1, -0.05) is 413 Å². The molecule has 0 rings (SSSR count). The Kier molecular flexibility index (Phi) is 68.8. The topological polar surface area (TPSA) is 66.8 Å². The number of amides is 4. The summed E-state index contributed by atoms with van der Waals surface area (Å²) in [6.07, 6.45) is 85.5. The van der Waals surface area contributed by atoms with Crippen LogP contribution in [0.1, 0.15) is 439 Å². The third kappa shape index (κ3) is 61.1. The van der Waals surface area contributed by atoms with Crippen LogP contribution in [0.15, 0.2) is 0 Å². The predicted molar refractivity (Wildman–Crippen MR) is 357 cm³/mol. The van der Waals surface area contributed by atoms with Crippen molar-refractivity contribution < 1.29 is 9.59 Å². The van der Waals surface area contributed by atoms with Gasteiger partial charge in [0, 0.05) is 26.2 Å². The van der Waals surface area contributed by atoms with E-state index < -0.39 is 0 Å². The van der Waals surface area contributed by atoms with Crippen LogP contribution >= 0.6 is 0 Å². The van der Waals surface area contributed by atoms with E-state index in [2.05, 4.69) is 33.0 Å². The number of urea groups is 2. The van der Waals surface area contributed by atoms with Crippen molar-refractivity contribution in [2.24, 2.45) is 0 Å². The molecule has 0 aromatic carbocycles. The molecule has 1 N–H and O–H groups in total. The number of carbonyl (C=O) groups is 2. The highest BCUT2D eigenvalue weighted by Crippen LogP contribution is 2.20. The highest BCUT2D eigenvalue weighted by molar-refractivity contribution is 5.80. The zero-order chi connectivity index (χ0) is 57.8. The number of hydrazine groups is 1. The average Bonchev–Trinajstić information content (AvgIpc) is 3.47. The second-order valence-electron chi connectivity index (χ2n) is 25.9. The van der Waals surface area contributed by atoms with Crippen LogP contribution in [-0.4, -0.2) is 48.3 Å². The molecule has 0 aliphatic rings. The first-order chi connectivity index (χ1) is 39.6. The normalized spacial score (nSPS) is 11.5. The lowest BCUT2D eigenvalue weighted by molar-refractivity contribution is 0.0426. The van der Waals surface area contributed by atoms with Crippen molar-refractivity contribution in [3.05, 3.63) is 0 Å². The van der Waals surface area contributed by atoms with E-state index in [4.69, 9.17) is 5.32 Å². The quantitative estimate of drug-likeness (QED) is 0.0487. The molecule has 0 aromatic heterocycles. The molecule has 0 aliphatic heterocycles. The van der Waals surface area contributed by atoms with E-state index >= 15 is 0 Å². The van der Waals surface area contributed by atoms with Crippen LogP contribution in [0.4, 0.5) is 9.59 Å². The molecule has 0 atom stereocenters. The van der Waals surface area contributed by atoms with Crippen molar-refractivity contribution in [3.8, 4) is 0 Å². The van der Waals surface area contributed by atoms with Crippen LogP contribution in [-0.2, 0) is 0 Å². The molecule has 0 saturated heterocycles. The van der Waals surface area contributed by atoms with E-state index in [1.165, 1.54) is 360 Å². The van der Waals surface area contributed by atoms with Crippen molar-refractivity contribution in [1.82, 2.24) is 20.7 Å². The smallest absolute Gasteiger partial charge is 0.337 e. The van der Waals surface area contributed by atoms with Crippen LogP contribution in [0, 0.1) is 0 Å². The van der Waals surface area contributed by atoms with Crippen molar-refractivity contribution >= 4 is 12.1 Å². The van der Waals surface area contributed by atoms with Crippen molar-refractivity contribution in [3.63, 3.8) is 0 Å². The number of hydrogen-bond donors (Lipinski definition) is 1. The first-order valence-electron chi connectivity index (χ1n) is 37.7. The van der Waals surface area contributed by atoms with Crippen LogP contribution < -0.4 is 10.6 Å². The van der Waals surface area contributed by atoms with Gasteiger partial charge >= 0.3 is 12.1 Å². The second kappa shape index (κ2) is 70.0. The highest BCUT2D eigenvalue weighted by atomic mass is 16.2. The maximum absolute atomic E-state index is 14.2. The molecule has 477 valence electrons. The van der Waals surface area contributed by atoms with E-state index in [-0.39, 0.29) is 12.1 Å². The van der Waals surface area contributed by atoms with Gasteiger partial charge in [0.05, 0.1) is 0 Å². The molecule has 6 nitrogen and oxygen atoms in total. The van der Waals surface area contributed by atoms with Crippen LogP contribution in [0.2, 0.25) is 0 Å². The summed E-state index contributed by atoms with van der Waals surface area (Å²) in [5, 5.41) is 11.6. The van der Waals surface area contributed by atoms with E-state index in [9.17, 15) is 9.59 Å². The molecule has 0 bridgehead atoms. The lowest BCUT2D eigenvalue weighted by Gasteiger charge is -2.34. The van der Waals surface area contributed by atoms with Crippen LogP contribution in [0.3, 0.4) is 0 Å². The maximum atomic E-state index is 14.2. The van der Waals surface area contributed by atoms with Crippen molar-refractivity contribution in [2.75, 3.05) is 26.2 Å². The summed E-state index contributed by atoms with van der Waals surface area (Å²) in [6, 6.07) is -0.282. The lowest BCUT2D eigenvalue weighted by atomic mass is 10.0. The van der Waals surface area contributed by atoms with Gasteiger partial charge in [0.15, 0.2) is 0 Å². The fourth-order valence-corrected chi connectivity index (χ4v) is 12.1. The minimum Gasteiger partial charge on any atom is -0.337 e. The summed E-state index contributed by atoms with van der Waals surface area (Å²) in [6.45, 7) is 11.7. The summed E-state index contributed by atoms with van der Waals surface area (Å²) in [5.41, 5.74) is 0. The van der Waals surface area contributed by atoms with Gasteiger partial charge in [-0.05, 0) is 25.7 Å². The molecular weight excluding hydrogens is 977 g/mol. The molecule has 0 aromatic rings. The number of nitrogens with zero attached hydrogens (tertiary/aromatic N) is 3. The second-order valence-corrected chi connectivity index (χ2v) is 25.9. The molecule has 6 heteroatoms. The summed E-state index contributed by atoms with van der Waals surface area (Å²) in [5.74, 6) is 0. The van der Waals surface area contributed by atoms with Gasteiger partial charge in [-0.3, -0.25) is 0 Å².